The molecule has 0 radical (unpaired) electrons. The molecule has 1 aliphatic rings. The van der Waals surface area contributed by atoms with E-state index in [0.29, 0.717) is 10.0 Å². The van der Waals surface area contributed by atoms with Gasteiger partial charge in [-0.1, -0.05) is 23.2 Å². The second-order valence-electron chi connectivity index (χ2n) is 3.54. The number of halogens is 2. The van der Waals surface area contributed by atoms with Crippen LogP contribution in [0, 0.1) is 0 Å². The molecule has 2 rings (SSSR count). The van der Waals surface area contributed by atoms with E-state index in [4.69, 9.17) is 23.2 Å². The molecule has 82 valence electrons. The molecule has 0 aromatic heterocycles. The Kier molecular flexibility index (Phi) is 3.36. The van der Waals surface area contributed by atoms with Gasteiger partial charge in [-0.25, -0.2) is 0 Å². The zero-order valence-corrected chi connectivity index (χ0v) is 9.57. The summed E-state index contributed by atoms with van der Waals surface area (Å²) in [6.07, 6.45) is 0. The van der Waals surface area contributed by atoms with Gasteiger partial charge in [0.2, 0.25) is 0 Å². The van der Waals surface area contributed by atoms with Crippen LogP contribution in [0.15, 0.2) is 12.1 Å². The van der Waals surface area contributed by atoms with E-state index in [2.05, 4.69) is 10.6 Å². The van der Waals surface area contributed by atoms with Crippen LogP contribution >= 0.6 is 23.2 Å². The van der Waals surface area contributed by atoms with E-state index in [1.165, 1.54) is 6.07 Å². The minimum absolute atomic E-state index is 0.0912. The molecule has 5 heteroatoms. The lowest BCUT2D eigenvalue weighted by molar-refractivity contribution is 0.404. The van der Waals surface area contributed by atoms with Crippen molar-refractivity contribution in [1.29, 1.82) is 0 Å². The first kappa shape index (κ1) is 11.0. The third kappa shape index (κ3) is 2.37. The highest BCUT2D eigenvalue weighted by Gasteiger charge is 2.18. The van der Waals surface area contributed by atoms with Gasteiger partial charge in [0.05, 0.1) is 10.0 Å². The lowest BCUT2D eigenvalue weighted by Gasteiger charge is -2.25. The molecule has 1 atom stereocenters. The highest BCUT2D eigenvalue weighted by atomic mass is 35.5. The predicted octanol–water partition coefficient (Wildman–Crippen LogP) is 1.93. The first-order chi connectivity index (χ1) is 7.18. The molecule has 0 aliphatic carbocycles. The molecule has 15 heavy (non-hydrogen) atoms. The number of phenols is 1. The first-order valence-corrected chi connectivity index (χ1v) is 5.56. The van der Waals surface area contributed by atoms with E-state index in [1.807, 2.05) is 0 Å². The van der Waals surface area contributed by atoms with Gasteiger partial charge in [-0.3, -0.25) is 0 Å². The molecule has 1 unspecified atom stereocenters. The number of piperazine rings is 1. The summed E-state index contributed by atoms with van der Waals surface area (Å²) in [5, 5.41) is 17.1. The van der Waals surface area contributed by atoms with Gasteiger partial charge in [-0.15, -0.1) is 0 Å². The molecule has 0 spiro atoms. The molecular formula is C10H12Cl2N2O. The second-order valence-corrected chi connectivity index (χ2v) is 4.35. The maximum atomic E-state index is 9.76. The molecule has 3 nitrogen and oxygen atoms in total. The van der Waals surface area contributed by atoms with Gasteiger partial charge in [0.1, 0.15) is 5.75 Å². The number of nitrogens with one attached hydrogen (secondary N) is 2. The van der Waals surface area contributed by atoms with Crippen LogP contribution in [0.2, 0.25) is 10.0 Å². The lowest BCUT2D eigenvalue weighted by atomic mass is 10.0. The topological polar surface area (TPSA) is 44.3 Å². The molecule has 1 aromatic rings. The van der Waals surface area contributed by atoms with Crippen molar-refractivity contribution in [2.24, 2.45) is 0 Å². The molecule has 0 amide bonds. The van der Waals surface area contributed by atoms with E-state index in [0.717, 1.165) is 25.2 Å². The van der Waals surface area contributed by atoms with Crippen molar-refractivity contribution in [3.8, 4) is 5.75 Å². The number of hydrogen-bond donors (Lipinski definition) is 3. The average molecular weight is 247 g/mol. The SMILES string of the molecule is Oc1cc(Cl)c(Cl)cc1C1CNCCN1. The Morgan fingerprint density at radius 2 is 1.93 bits per heavy atom. The van der Waals surface area contributed by atoms with Gasteiger partial charge in [0, 0.05) is 37.3 Å². The monoisotopic (exact) mass is 246 g/mol. The van der Waals surface area contributed by atoms with Crippen LogP contribution in [0.5, 0.6) is 5.75 Å². The maximum absolute atomic E-state index is 9.76. The Morgan fingerprint density at radius 3 is 2.60 bits per heavy atom. The van der Waals surface area contributed by atoms with Gasteiger partial charge in [-0.05, 0) is 6.07 Å². The van der Waals surface area contributed by atoms with Crippen molar-refractivity contribution in [2.75, 3.05) is 19.6 Å². The Balaban J connectivity index is 2.30. The van der Waals surface area contributed by atoms with E-state index < -0.39 is 0 Å². The van der Waals surface area contributed by atoms with E-state index in [1.54, 1.807) is 6.07 Å². The quantitative estimate of drug-likeness (QED) is 0.710. The maximum Gasteiger partial charge on any atom is 0.121 e. The number of aromatic hydroxyl groups is 1. The summed E-state index contributed by atoms with van der Waals surface area (Å²) < 4.78 is 0. The number of benzene rings is 1. The van der Waals surface area contributed by atoms with Gasteiger partial charge < -0.3 is 15.7 Å². The summed E-state index contributed by atoms with van der Waals surface area (Å²) in [6.45, 7) is 2.61. The van der Waals surface area contributed by atoms with Crippen LogP contribution in [0.3, 0.4) is 0 Å². The van der Waals surface area contributed by atoms with Crippen molar-refractivity contribution in [3.63, 3.8) is 0 Å². The summed E-state index contributed by atoms with van der Waals surface area (Å²) in [7, 11) is 0. The number of phenolic OH excluding ortho intramolecular Hbond substituents is 1. The fourth-order valence-corrected chi connectivity index (χ4v) is 2.03. The molecule has 3 N–H and O–H groups in total. The summed E-state index contributed by atoms with van der Waals surface area (Å²) in [5.74, 6) is 0.186. The summed E-state index contributed by atoms with van der Waals surface area (Å²) in [6, 6.07) is 3.29. The molecule has 0 bridgehead atoms. The van der Waals surface area contributed by atoms with Crippen LogP contribution in [-0.2, 0) is 0 Å². The van der Waals surface area contributed by atoms with Crippen molar-refractivity contribution in [3.05, 3.63) is 27.7 Å². The average Bonchev–Trinajstić information content (AvgIpc) is 2.25. The smallest absolute Gasteiger partial charge is 0.121 e. The zero-order chi connectivity index (χ0) is 10.8. The van der Waals surface area contributed by atoms with Gasteiger partial charge in [0.25, 0.3) is 0 Å². The van der Waals surface area contributed by atoms with Crippen molar-refractivity contribution >= 4 is 23.2 Å². The summed E-state index contributed by atoms with van der Waals surface area (Å²) in [5.41, 5.74) is 0.789. The fourth-order valence-electron chi connectivity index (χ4n) is 1.70. The van der Waals surface area contributed by atoms with Crippen LogP contribution < -0.4 is 10.6 Å². The lowest BCUT2D eigenvalue weighted by Crippen LogP contribution is -2.42. The van der Waals surface area contributed by atoms with E-state index in [-0.39, 0.29) is 11.8 Å². The largest absolute Gasteiger partial charge is 0.508 e. The van der Waals surface area contributed by atoms with Crippen LogP contribution in [0.4, 0.5) is 0 Å². The van der Waals surface area contributed by atoms with Crippen molar-refractivity contribution < 1.29 is 5.11 Å². The Bertz CT molecular complexity index is 365. The van der Waals surface area contributed by atoms with Gasteiger partial charge in [-0.2, -0.15) is 0 Å². The Hall–Kier alpha value is -0.480. The molecule has 1 heterocycles. The molecule has 0 saturated carbocycles. The molecule has 1 aromatic carbocycles. The van der Waals surface area contributed by atoms with Gasteiger partial charge >= 0.3 is 0 Å². The molecular weight excluding hydrogens is 235 g/mol. The third-order valence-corrected chi connectivity index (χ3v) is 3.21. The Labute approximate surface area is 98.4 Å². The minimum atomic E-state index is 0.0912. The fraction of sp³-hybridized carbons (Fsp3) is 0.400. The highest BCUT2D eigenvalue weighted by molar-refractivity contribution is 6.42. The second kappa shape index (κ2) is 4.58. The first-order valence-electron chi connectivity index (χ1n) is 4.80. The predicted molar refractivity (Wildman–Crippen MR) is 61.7 cm³/mol. The van der Waals surface area contributed by atoms with Gasteiger partial charge in [0.15, 0.2) is 0 Å². The van der Waals surface area contributed by atoms with Crippen molar-refractivity contribution in [2.45, 2.75) is 6.04 Å². The van der Waals surface area contributed by atoms with E-state index in [9.17, 15) is 5.11 Å². The standard InChI is InChI=1S/C10H12Cl2N2O/c11-7-3-6(10(15)4-8(7)12)9-5-13-1-2-14-9/h3-4,9,13-15H,1-2,5H2. The molecule has 1 fully saturated rings. The number of rotatable bonds is 1. The highest BCUT2D eigenvalue weighted by Crippen LogP contribution is 2.33. The number of hydrogen-bond acceptors (Lipinski definition) is 3. The third-order valence-electron chi connectivity index (χ3n) is 2.49. The zero-order valence-electron chi connectivity index (χ0n) is 8.06. The van der Waals surface area contributed by atoms with Crippen molar-refractivity contribution in [1.82, 2.24) is 10.6 Å². The molecule has 1 aliphatic heterocycles. The summed E-state index contributed by atoms with van der Waals surface area (Å²) >= 11 is 11.7. The van der Waals surface area contributed by atoms with Crippen LogP contribution in [0.1, 0.15) is 11.6 Å². The minimum Gasteiger partial charge on any atom is -0.508 e. The Morgan fingerprint density at radius 1 is 1.20 bits per heavy atom. The van der Waals surface area contributed by atoms with Crippen LogP contribution in [0.25, 0.3) is 0 Å². The normalized spacial score (nSPS) is 21.6. The summed E-state index contributed by atoms with van der Waals surface area (Å²) in [4.78, 5) is 0. The van der Waals surface area contributed by atoms with Crippen LogP contribution in [-0.4, -0.2) is 24.7 Å². The molecule has 1 saturated heterocycles. The van der Waals surface area contributed by atoms with E-state index >= 15 is 0 Å².